The van der Waals surface area contributed by atoms with Crippen LogP contribution >= 0.6 is 0 Å². The Morgan fingerprint density at radius 3 is 2.15 bits per heavy atom. The molecule has 0 fully saturated rings. The summed E-state index contributed by atoms with van der Waals surface area (Å²) in [5.41, 5.74) is 0.805. The summed E-state index contributed by atoms with van der Waals surface area (Å²) >= 11 is 0. The lowest BCUT2D eigenvalue weighted by molar-refractivity contribution is 0.325. The number of rotatable bonds is 9. The van der Waals surface area contributed by atoms with Crippen molar-refractivity contribution < 1.29 is 27.4 Å². The first-order valence-electron chi connectivity index (χ1n) is 8.07. The van der Waals surface area contributed by atoms with Gasteiger partial charge < -0.3 is 18.9 Å². The van der Waals surface area contributed by atoms with Crippen molar-refractivity contribution in [3.63, 3.8) is 0 Å². The first kappa shape index (κ1) is 20.5. The van der Waals surface area contributed by atoms with Crippen molar-refractivity contribution in [2.45, 2.75) is 12.7 Å². The fraction of sp³-hybridized carbons (Fsp3) is 0.333. The van der Waals surface area contributed by atoms with Gasteiger partial charge in [0.05, 0.1) is 57.3 Å². The summed E-state index contributed by atoms with van der Waals surface area (Å²) < 4.78 is 45.8. The number of ether oxygens (including phenoxy) is 4. The molecule has 0 atom stereocenters. The standard InChI is InChI=1S/C18H22N2O6S/c1-5-26-18-11-19-13(10-20-18)12-27(21,22)7-6-15-16(24-3)8-14(23-2)9-17(15)25-4/h6-11H,5,12H2,1-4H3/b7-6+. The highest BCUT2D eigenvalue weighted by Crippen LogP contribution is 2.35. The highest BCUT2D eigenvalue weighted by molar-refractivity contribution is 7.93. The Labute approximate surface area is 158 Å². The molecule has 0 aliphatic carbocycles. The molecule has 0 saturated heterocycles. The summed E-state index contributed by atoms with van der Waals surface area (Å²) in [6.07, 6.45) is 4.20. The van der Waals surface area contributed by atoms with Gasteiger partial charge in [-0.3, -0.25) is 4.98 Å². The van der Waals surface area contributed by atoms with Crippen molar-refractivity contribution in [3.8, 4) is 23.1 Å². The van der Waals surface area contributed by atoms with Gasteiger partial charge in [0.1, 0.15) is 17.2 Å². The highest BCUT2D eigenvalue weighted by atomic mass is 32.2. The predicted molar refractivity (Wildman–Crippen MR) is 101 cm³/mol. The Balaban J connectivity index is 2.25. The Bertz CT molecular complexity index is 870. The number of methoxy groups -OCH3 is 3. The van der Waals surface area contributed by atoms with Crippen LogP contribution in [0.25, 0.3) is 6.08 Å². The molecule has 8 nitrogen and oxygen atoms in total. The smallest absolute Gasteiger partial charge is 0.232 e. The maximum Gasteiger partial charge on any atom is 0.232 e. The fourth-order valence-electron chi connectivity index (χ4n) is 2.26. The number of sulfone groups is 1. The molecular weight excluding hydrogens is 372 g/mol. The van der Waals surface area contributed by atoms with E-state index in [9.17, 15) is 8.42 Å². The van der Waals surface area contributed by atoms with Crippen LogP contribution in [0.2, 0.25) is 0 Å². The SMILES string of the molecule is CCOc1cnc(CS(=O)(=O)/C=C/c2c(OC)cc(OC)cc2OC)cn1. The predicted octanol–water partition coefficient (Wildman–Crippen LogP) is 2.49. The molecule has 0 saturated carbocycles. The van der Waals surface area contributed by atoms with E-state index in [1.165, 1.54) is 39.8 Å². The second-order valence-corrected chi connectivity index (χ2v) is 7.22. The lowest BCUT2D eigenvalue weighted by Crippen LogP contribution is -2.04. The van der Waals surface area contributed by atoms with Gasteiger partial charge in [0.25, 0.3) is 0 Å². The number of nitrogens with zero attached hydrogens (tertiary/aromatic N) is 2. The van der Waals surface area contributed by atoms with Gasteiger partial charge in [-0.15, -0.1) is 0 Å². The molecule has 2 rings (SSSR count). The summed E-state index contributed by atoms with van der Waals surface area (Å²) in [7, 11) is 0.893. The molecule has 2 aromatic rings. The minimum Gasteiger partial charge on any atom is -0.496 e. The Kier molecular flexibility index (Phi) is 7.00. The van der Waals surface area contributed by atoms with Gasteiger partial charge in [-0.05, 0) is 13.0 Å². The molecule has 0 aliphatic rings. The van der Waals surface area contributed by atoms with Crippen LogP contribution < -0.4 is 18.9 Å². The molecule has 0 unspecified atom stereocenters. The molecule has 0 aliphatic heterocycles. The molecule has 9 heteroatoms. The van der Waals surface area contributed by atoms with Gasteiger partial charge in [-0.25, -0.2) is 13.4 Å². The Morgan fingerprint density at radius 1 is 1.00 bits per heavy atom. The molecule has 27 heavy (non-hydrogen) atoms. The average molecular weight is 394 g/mol. The second kappa shape index (κ2) is 9.22. The van der Waals surface area contributed by atoms with Crippen molar-refractivity contribution in [2.24, 2.45) is 0 Å². The molecule has 0 spiro atoms. The van der Waals surface area contributed by atoms with Gasteiger partial charge >= 0.3 is 0 Å². The van der Waals surface area contributed by atoms with E-state index in [4.69, 9.17) is 18.9 Å². The van der Waals surface area contributed by atoms with E-state index in [0.717, 1.165) is 5.41 Å². The molecular formula is C18H22N2O6S. The van der Waals surface area contributed by atoms with Crippen molar-refractivity contribution >= 4 is 15.9 Å². The zero-order valence-electron chi connectivity index (χ0n) is 15.6. The maximum absolute atomic E-state index is 12.4. The van der Waals surface area contributed by atoms with Crippen LogP contribution in [-0.2, 0) is 15.6 Å². The highest BCUT2D eigenvalue weighted by Gasteiger charge is 2.14. The van der Waals surface area contributed by atoms with Gasteiger partial charge in [0.2, 0.25) is 5.88 Å². The van der Waals surface area contributed by atoms with Gasteiger partial charge in [0.15, 0.2) is 9.84 Å². The molecule has 146 valence electrons. The minimum atomic E-state index is -3.59. The molecule has 0 radical (unpaired) electrons. The van der Waals surface area contributed by atoms with Gasteiger partial charge in [0, 0.05) is 17.5 Å². The number of hydrogen-bond donors (Lipinski definition) is 0. The van der Waals surface area contributed by atoms with E-state index in [-0.39, 0.29) is 5.75 Å². The summed E-state index contributed by atoms with van der Waals surface area (Å²) in [5.74, 6) is 1.45. The lowest BCUT2D eigenvalue weighted by atomic mass is 10.1. The minimum absolute atomic E-state index is 0.288. The Hall–Kier alpha value is -2.81. The molecule has 1 aromatic carbocycles. The lowest BCUT2D eigenvalue weighted by Gasteiger charge is -2.12. The van der Waals surface area contributed by atoms with Crippen LogP contribution in [0.15, 0.2) is 29.9 Å². The third-order valence-corrected chi connectivity index (χ3v) is 4.77. The zero-order chi connectivity index (χ0) is 19.9. The summed E-state index contributed by atoms with van der Waals surface area (Å²) in [4.78, 5) is 8.08. The zero-order valence-corrected chi connectivity index (χ0v) is 16.4. The molecule has 0 bridgehead atoms. The molecule has 0 amide bonds. The fourth-order valence-corrected chi connectivity index (χ4v) is 3.26. The van der Waals surface area contributed by atoms with Crippen LogP contribution in [0.4, 0.5) is 0 Å². The quantitative estimate of drug-likeness (QED) is 0.640. The van der Waals surface area contributed by atoms with E-state index >= 15 is 0 Å². The van der Waals surface area contributed by atoms with Gasteiger partial charge in [-0.2, -0.15) is 0 Å². The topological polar surface area (TPSA) is 96.8 Å². The van der Waals surface area contributed by atoms with Crippen molar-refractivity contribution in [2.75, 3.05) is 27.9 Å². The summed E-state index contributed by atoms with van der Waals surface area (Å²) in [6, 6.07) is 3.29. The van der Waals surface area contributed by atoms with Crippen LogP contribution in [0, 0.1) is 0 Å². The third-order valence-electron chi connectivity index (χ3n) is 3.52. The van der Waals surface area contributed by atoms with Crippen LogP contribution in [-0.4, -0.2) is 46.3 Å². The van der Waals surface area contributed by atoms with E-state index < -0.39 is 9.84 Å². The van der Waals surface area contributed by atoms with Gasteiger partial charge in [-0.1, -0.05) is 0 Å². The second-order valence-electron chi connectivity index (χ2n) is 5.33. The number of aromatic nitrogens is 2. The maximum atomic E-state index is 12.4. The van der Waals surface area contributed by atoms with E-state index in [1.807, 2.05) is 6.92 Å². The first-order chi connectivity index (χ1) is 12.9. The van der Waals surface area contributed by atoms with Crippen molar-refractivity contribution in [1.82, 2.24) is 9.97 Å². The van der Waals surface area contributed by atoms with Crippen molar-refractivity contribution in [1.29, 1.82) is 0 Å². The van der Waals surface area contributed by atoms with E-state index in [2.05, 4.69) is 9.97 Å². The monoisotopic (exact) mass is 394 g/mol. The Morgan fingerprint density at radius 2 is 1.67 bits per heavy atom. The van der Waals surface area contributed by atoms with Crippen molar-refractivity contribution in [3.05, 3.63) is 41.2 Å². The van der Waals surface area contributed by atoms with E-state index in [1.54, 1.807) is 12.1 Å². The summed E-state index contributed by atoms with van der Waals surface area (Å²) in [5, 5.41) is 1.10. The van der Waals surface area contributed by atoms with E-state index in [0.29, 0.717) is 41.0 Å². The number of benzene rings is 1. The van der Waals surface area contributed by atoms with Crippen LogP contribution in [0.5, 0.6) is 23.1 Å². The summed E-state index contributed by atoms with van der Waals surface area (Å²) in [6.45, 7) is 2.28. The number of hydrogen-bond acceptors (Lipinski definition) is 8. The largest absolute Gasteiger partial charge is 0.496 e. The average Bonchev–Trinajstić information content (AvgIpc) is 2.67. The first-order valence-corrected chi connectivity index (χ1v) is 9.78. The molecule has 1 heterocycles. The third kappa shape index (κ3) is 5.58. The normalized spacial score (nSPS) is 11.4. The van der Waals surface area contributed by atoms with Crippen LogP contribution in [0.1, 0.15) is 18.2 Å². The molecule has 1 aromatic heterocycles. The molecule has 0 N–H and O–H groups in total. The van der Waals surface area contributed by atoms with Crippen LogP contribution in [0.3, 0.4) is 0 Å².